The van der Waals surface area contributed by atoms with E-state index in [-0.39, 0.29) is 5.91 Å². The lowest BCUT2D eigenvalue weighted by Gasteiger charge is -2.33. The van der Waals surface area contributed by atoms with Crippen molar-refractivity contribution in [2.24, 2.45) is 0 Å². The van der Waals surface area contributed by atoms with E-state index in [1.54, 1.807) is 18.3 Å². The van der Waals surface area contributed by atoms with Crippen molar-refractivity contribution in [1.82, 2.24) is 19.8 Å². The Kier molecular flexibility index (Phi) is 4.14. The fourth-order valence-electron chi connectivity index (χ4n) is 3.72. The lowest BCUT2D eigenvalue weighted by Crippen LogP contribution is -2.47. The Morgan fingerprint density at radius 2 is 1.92 bits per heavy atom. The van der Waals surface area contributed by atoms with Crippen LogP contribution in [0.25, 0.3) is 10.2 Å². The molecule has 2 aliphatic rings. The molecule has 2 aromatic rings. The smallest absolute Gasteiger partial charge is 0.219 e. The van der Waals surface area contributed by atoms with Gasteiger partial charge < -0.3 is 10.6 Å². The molecule has 1 aliphatic carbocycles. The third-order valence-electron chi connectivity index (χ3n) is 5.07. The molecule has 2 N–H and O–H groups in total. The van der Waals surface area contributed by atoms with Crippen LogP contribution in [0.15, 0.2) is 0 Å². The maximum Gasteiger partial charge on any atom is 0.219 e. The zero-order chi connectivity index (χ0) is 16.7. The first-order valence-corrected chi connectivity index (χ1v) is 9.48. The molecule has 1 fully saturated rings. The first-order valence-electron chi connectivity index (χ1n) is 8.66. The van der Waals surface area contributed by atoms with Gasteiger partial charge in [-0.3, -0.25) is 9.69 Å². The summed E-state index contributed by atoms with van der Waals surface area (Å²) >= 11 is 1.79. The molecule has 0 spiro atoms. The second-order valence-electron chi connectivity index (χ2n) is 6.70. The summed E-state index contributed by atoms with van der Waals surface area (Å²) in [6.07, 6.45) is 4.76. The molecule has 24 heavy (non-hydrogen) atoms. The zero-order valence-electron chi connectivity index (χ0n) is 14.0. The molecule has 0 saturated carbocycles. The van der Waals surface area contributed by atoms with E-state index in [0.29, 0.717) is 12.4 Å². The highest BCUT2D eigenvalue weighted by atomic mass is 32.1. The average molecular weight is 345 g/mol. The number of nitrogen functional groups attached to an aromatic ring is 1. The van der Waals surface area contributed by atoms with Crippen LogP contribution in [0.5, 0.6) is 0 Å². The first kappa shape index (κ1) is 15.8. The standard InChI is InChI=1S/C17H23N5OS/c1-11(23)22-8-6-21(7-9-22)10-14-19-16(18)15-12-4-2-3-5-13(12)24-17(15)20-14/h2-10H2,1H3,(H2,18,19,20). The van der Waals surface area contributed by atoms with Gasteiger partial charge in [0.25, 0.3) is 0 Å². The van der Waals surface area contributed by atoms with Crippen molar-refractivity contribution in [2.45, 2.75) is 39.2 Å². The predicted molar refractivity (Wildman–Crippen MR) is 96.0 cm³/mol. The summed E-state index contributed by atoms with van der Waals surface area (Å²) in [6, 6.07) is 0. The fourth-order valence-corrected chi connectivity index (χ4v) is 5.01. The molecular formula is C17H23N5OS. The van der Waals surface area contributed by atoms with Crippen LogP contribution >= 0.6 is 11.3 Å². The number of anilines is 1. The number of rotatable bonds is 2. The number of amides is 1. The van der Waals surface area contributed by atoms with E-state index in [1.165, 1.54) is 23.3 Å². The fraction of sp³-hybridized carbons (Fsp3) is 0.588. The van der Waals surface area contributed by atoms with Gasteiger partial charge in [0, 0.05) is 38.0 Å². The summed E-state index contributed by atoms with van der Waals surface area (Å²) in [6.45, 7) is 5.62. The van der Waals surface area contributed by atoms with Gasteiger partial charge in [0.2, 0.25) is 5.91 Å². The van der Waals surface area contributed by atoms with Gasteiger partial charge in [-0.2, -0.15) is 0 Å². The predicted octanol–water partition coefficient (Wildman–Crippen LogP) is 1.82. The minimum absolute atomic E-state index is 0.153. The summed E-state index contributed by atoms with van der Waals surface area (Å²) in [5.74, 6) is 1.59. The minimum Gasteiger partial charge on any atom is -0.383 e. The monoisotopic (exact) mass is 345 g/mol. The Morgan fingerprint density at radius 3 is 2.67 bits per heavy atom. The number of carbonyl (C=O) groups is 1. The van der Waals surface area contributed by atoms with Crippen molar-refractivity contribution in [3.05, 3.63) is 16.3 Å². The van der Waals surface area contributed by atoms with Gasteiger partial charge in [-0.25, -0.2) is 9.97 Å². The zero-order valence-corrected chi connectivity index (χ0v) is 14.9. The van der Waals surface area contributed by atoms with Gasteiger partial charge >= 0.3 is 0 Å². The molecule has 7 heteroatoms. The lowest BCUT2D eigenvalue weighted by atomic mass is 9.97. The maximum absolute atomic E-state index is 11.4. The highest BCUT2D eigenvalue weighted by Gasteiger charge is 2.22. The minimum atomic E-state index is 0.153. The van der Waals surface area contributed by atoms with Crippen LogP contribution in [0, 0.1) is 0 Å². The third-order valence-corrected chi connectivity index (χ3v) is 6.26. The van der Waals surface area contributed by atoms with E-state index in [0.717, 1.165) is 55.1 Å². The number of piperazine rings is 1. The molecule has 3 heterocycles. The number of nitrogens with two attached hydrogens (primary N) is 1. The molecule has 128 valence electrons. The second kappa shape index (κ2) is 6.29. The van der Waals surface area contributed by atoms with E-state index in [9.17, 15) is 4.79 Å². The number of hydrogen-bond donors (Lipinski definition) is 1. The summed E-state index contributed by atoms with van der Waals surface area (Å²) in [7, 11) is 0. The third kappa shape index (κ3) is 2.86. The average Bonchev–Trinajstić information content (AvgIpc) is 2.94. The van der Waals surface area contributed by atoms with Gasteiger partial charge in [0.05, 0.1) is 11.9 Å². The van der Waals surface area contributed by atoms with Crippen LogP contribution in [0.4, 0.5) is 5.82 Å². The Hall–Kier alpha value is -1.73. The van der Waals surface area contributed by atoms with Crippen molar-refractivity contribution < 1.29 is 4.79 Å². The molecule has 0 unspecified atom stereocenters. The Labute approximate surface area is 145 Å². The van der Waals surface area contributed by atoms with Gasteiger partial charge in [-0.05, 0) is 31.2 Å². The Morgan fingerprint density at radius 1 is 1.17 bits per heavy atom. The van der Waals surface area contributed by atoms with E-state index >= 15 is 0 Å². The van der Waals surface area contributed by atoms with E-state index in [2.05, 4.69) is 9.88 Å². The summed E-state index contributed by atoms with van der Waals surface area (Å²) in [4.78, 5) is 27.5. The van der Waals surface area contributed by atoms with Crippen molar-refractivity contribution in [3.63, 3.8) is 0 Å². The first-order chi connectivity index (χ1) is 11.6. The van der Waals surface area contributed by atoms with Crippen LogP contribution in [0.1, 0.15) is 36.0 Å². The summed E-state index contributed by atoms with van der Waals surface area (Å²) in [5.41, 5.74) is 7.67. The lowest BCUT2D eigenvalue weighted by molar-refractivity contribution is -0.130. The molecule has 4 rings (SSSR count). The van der Waals surface area contributed by atoms with Crippen LogP contribution in [-0.2, 0) is 24.2 Å². The van der Waals surface area contributed by atoms with E-state index in [1.807, 2.05) is 4.90 Å². The molecule has 1 amide bonds. The normalized spacial score (nSPS) is 18.8. The molecule has 0 bridgehead atoms. The molecule has 0 radical (unpaired) electrons. The van der Waals surface area contributed by atoms with Crippen LogP contribution < -0.4 is 5.73 Å². The molecule has 1 saturated heterocycles. The molecule has 6 nitrogen and oxygen atoms in total. The topological polar surface area (TPSA) is 75.4 Å². The molecule has 0 atom stereocenters. The van der Waals surface area contributed by atoms with Gasteiger partial charge in [0.1, 0.15) is 16.5 Å². The Bertz CT molecular complexity index is 779. The number of carbonyl (C=O) groups excluding carboxylic acids is 1. The number of fused-ring (bicyclic) bond motifs is 3. The number of aromatic nitrogens is 2. The molecule has 2 aromatic heterocycles. The maximum atomic E-state index is 11.4. The van der Waals surface area contributed by atoms with Gasteiger partial charge in [-0.1, -0.05) is 0 Å². The Balaban J connectivity index is 1.54. The van der Waals surface area contributed by atoms with Crippen LogP contribution in [0.2, 0.25) is 0 Å². The van der Waals surface area contributed by atoms with Crippen molar-refractivity contribution in [3.8, 4) is 0 Å². The number of thiophene rings is 1. The van der Waals surface area contributed by atoms with E-state index < -0.39 is 0 Å². The highest BCUT2D eigenvalue weighted by Crippen LogP contribution is 2.37. The number of hydrogen-bond acceptors (Lipinski definition) is 6. The second-order valence-corrected chi connectivity index (χ2v) is 7.78. The van der Waals surface area contributed by atoms with Crippen molar-refractivity contribution in [1.29, 1.82) is 0 Å². The van der Waals surface area contributed by atoms with Gasteiger partial charge in [-0.15, -0.1) is 11.3 Å². The van der Waals surface area contributed by atoms with Crippen LogP contribution in [-0.4, -0.2) is 51.9 Å². The molecule has 0 aromatic carbocycles. The number of nitrogens with zero attached hydrogens (tertiary/aromatic N) is 4. The van der Waals surface area contributed by atoms with Gasteiger partial charge in [0.15, 0.2) is 0 Å². The largest absolute Gasteiger partial charge is 0.383 e. The molecule has 1 aliphatic heterocycles. The summed E-state index contributed by atoms with van der Waals surface area (Å²) in [5, 5.41) is 1.10. The molecular weight excluding hydrogens is 322 g/mol. The van der Waals surface area contributed by atoms with E-state index in [4.69, 9.17) is 10.7 Å². The van der Waals surface area contributed by atoms with Crippen LogP contribution in [0.3, 0.4) is 0 Å². The SMILES string of the molecule is CC(=O)N1CCN(Cc2nc(N)c3c4c(sc3n2)CCCC4)CC1. The summed E-state index contributed by atoms with van der Waals surface area (Å²) < 4.78 is 0. The quantitative estimate of drug-likeness (QED) is 0.898. The van der Waals surface area contributed by atoms with Crippen molar-refractivity contribution >= 4 is 33.3 Å². The highest BCUT2D eigenvalue weighted by molar-refractivity contribution is 7.19. The van der Waals surface area contributed by atoms with Crippen molar-refractivity contribution in [2.75, 3.05) is 31.9 Å². The number of aryl methyl sites for hydroxylation is 2.